The van der Waals surface area contributed by atoms with Crippen LogP contribution in [0, 0.1) is 0 Å². The van der Waals surface area contributed by atoms with Crippen LogP contribution in [0.1, 0.15) is 24.8 Å². The molecule has 1 unspecified atom stereocenters. The summed E-state index contributed by atoms with van der Waals surface area (Å²) in [4.78, 5) is 11.7. The van der Waals surface area contributed by atoms with Crippen molar-refractivity contribution in [3.8, 4) is 0 Å². The number of rotatable bonds is 5. The van der Waals surface area contributed by atoms with E-state index >= 15 is 0 Å². The van der Waals surface area contributed by atoms with Gasteiger partial charge in [0.05, 0.1) is 0 Å². The number of hydrogen-bond acceptors (Lipinski definition) is 2. The van der Waals surface area contributed by atoms with Gasteiger partial charge in [-0.25, -0.2) is 0 Å². The first kappa shape index (κ1) is 13.4. The maximum Gasteiger partial charge on any atom is 0.221 e. The fourth-order valence-corrected chi connectivity index (χ4v) is 2.35. The van der Waals surface area contributed by atoms with Crippen molar-refractivity contribution in [2.24, 2.45) is 0 Å². The summed E-state index contributed by atoms with van der Waals surface area (Å²) in [6.45, 7) is 1.73. The molecule has 1 saturated heterocycles. The molecule has 1 fully saturated rings. The predicted octanol–water partition coefficient (Wildman–Crippen LogP) is 2.14. The van der Waals surface area contributed by atoms with Crippen molar-refractivity contribution < 1.29 is 4.79 Å². The molecule has 1 atom stereocenters. The Bertz CT molecular complexity index is 385. The standard InChI is InChI=1S/C14H19ClN2O/c15-12-5-3-11(4-6-12)7-9-17-14(18)10-13-2-1-8-16-13/h3-6,13,16H,1-2,7-10H2,(H,17,18). The summed E-state index contributed by atoms with van der Waals surface area (Å²) in [5, 5.41) is 7.03. The lowest BCUT2D eigenvalue weighted by Gasteiger charge is -2.10. The van der Waals surface area contributed by atoms with E-state index in [2.05, 4.69) is 10.6 Å². The van der Waals surface area contributed by atoms with E-state index in [1.165, 1.54) is 12.0 Å². The zero-order valence-electron chi connectivity index (χ0n) is 10.4. The lowest BCUT2D eigenvalue weighted by Crippen LogP contribution is -2.32. The van der Waals surface area contributed by atoms with Gasteiger partial charge >= 0.3 is 0 Å². The second kappa shape index (κ2) is 6.76. The molecule has 1 heterocycles. The van der Waals surface area contributed by atoms with Crippen LogP contribution in [0.4, 0.5) is 0 Å². The third-order valence-electron chi connectivity index (χ3n) is 3.24. The number of carbonyl (C=O) groups excluding carboxylic acids is 1. The lowest BCUT2D eigenvalue weighted by atomic mass is 10.1. The van der Waals surface area contributed by atoms with E-state index in [9.17, 15) is 4.79 Å². The van der Waals surface area contributed by atoms with Gasteiger partial charge in [0.15, 0.2) is 0 Å². The van der Waals surface area contributed by atoms with E-state index in [0.717, 1.165) is 24.4 Å². The molecular weight excluding hydrogens is 248 g/mol. The smallest absolute Gasteiger partial charge is 0.221 e. The van der Waals surface area contributed by atoms with Crippen molar-refractivity contribution >= 4 is 17.5 Å². The third kappa shape index (κ3) is 4.31. The average Bonchev–Trinajstić information content (AvgIpc) is 2.84. The van der Waals surface area contributed by atoms with Crippen LogP contribution in [0.3, 0.4) is 0 Å². The number of carbonyl (C=O) groups is 1. The normalized spacial score (nSPS) is 18.8. The molecule has 0 radical (unpaired) electrons. The van der Waals surface area contributed by atoms with Crippen LogP contribution >= 0.6 is 11.6 Å². The zero-order chi connectivity index (χ0) is 12.8. The first-order valence-electron chi connectivity index (χ1n) is 6.48. The summed E-state index contributed by atoms with van der Waals surface area (Å²) in [5.74, 6) is 0.142. The van der Waals surface area contributed by atoms with Gasteiger partial charge < -0.3 is 10.6 Å². The highest BCUT2D eigenvalue weighted by Gasteiger charge is 2.16. The van der Waals surface area contributed by atoms with Crippen LogP contribution in [0.5, 0.6) is 0 Å². The van der Waals surface area contributed by atoms with E-state index in [4.69, 9.17) is 11.6 Å². The largest absolute Gasteiger partial charge is 0.356 e. The van der Waals surface area contributed by atoms with Gasteiger partial charge in [-0.3, -0.25) is 4.79 Å². The second-order valence-corrected chi connectivity index (χ2v) is 5.16. The molecule has 0 spiro atoms. The van der Waals surface area contributed by atoms with E-state index in [1.807, 2.05) is 24.3 Å². The predicted molar refractivity (Wildman–Crippen MR) is 73.8 cm³/mol. The van der Waals surface area contributed by atoms with Crippen LogP contribution in [0.25, 0.3) is 0 Å². The Labute approximate surface area is 113 Å². The third-order valence-corrected chi connectivity index (χ3v) is 3.50. The molecule has 4 heteroatoms. The molecule has 98 valence electrons. The molecule has 1 aromatic carbocycles. The Morgan fingerprint density at radius 2 is 2.17 bits per heavy atom. The summed E-state index contributed by atoms with van der Waals surface area (Å²) < 4.78 is 0. The SMILES string of the molecule is O=C(CC1CCCN1)NCCc1ccc(Cl)cc1. The minimum atomic E-state index is 0.142. The van der Waals surface area contributed by atoms with Gasteiger partial charge in [-0.2, -0.15) is 0 Å². The molecule has 0 bridgehead atoms. The van der Waals surface area contributed by atoms with Crippen LogP contribution in [-0.2, 0) is 11.2 Å². The van der Waals surface area contributed by atoms with Crippen LogP contribution in [-0.4, -0.2) is 25.0 Å². The molecule has 3 nitrogen and oxygen atoms in total. The van der Waals surface area contributed by atoms with Gasteiger partial charge in [-0.05, 0) is 43.5 Å². The zero-order valence-corrected chi connectivity index (χ0v) is 11.2. The molecule has 1 aromatic rings. The summed E-state index contributed by atoms with van der Waals surface area (Å²) in [5.41, 5.74) is 1.19. The summed E-state index contributed by atoms with van der Waals surface area (Å²) in [6, 6.07) is 8.11. The summed E-state index contributed by atoms with van der Waals surface area (Å²) >= 11 is 5.81. The van der Waals surface area contributed by atoms with Crippen LogP contribution in [0.2, 0.25) is 5.02 Å². The lowest BCUT2D eigenvalue weighted by molar-refractivity contribution is -0.121. The Morgan fingerprint density at radius 3 is 2.83 bits per heavy atom. The fraction of sp³-hybridized carbons (Fsp3) is 0.500. The van der Waals surface area contributed by atoms with Crippen molar-refractivity contribution in [1.82, 2.24) is 10.6 Å². The van der Waals surface area contributed by atoms with Crippen molar-refractivity contribution in [3.05, 3.63) is 34.9 Å². The summed E-state index contributed by atoms with van der Waals surface area (Å²) in [7, 11) is 0. The Balaban J connectivity index is 1.65. The fourth-order valence-electron chi connectivity index (χ4n) is 2.22. The highest BCUT2D eigenvalue weighted by molar-refractivity contribution is 6.30. The van der Waals surface area contributed by atoms with Crippen LogP contribution < -0.4 is 10.6 Å². The van der Waals surface area contributed by atoms with Gasteiger partial charge in [0.1, 0.15) is 0 Å². The van der Waals surface area contributed by atoms with E-state index in [-0.39, 0.29) is 5.91 Å². The molecule has 18 heavy (non-hydrogen) atoms. The molecule has 2 N–H and O–H groups in total. The van der Waals surface area contributed by atoms with Gasteiger partial charge in [-0.15, -0.1) is 0 Å². The monoisotopic (exact) mass is 266 g/mol. The number of benzene rings is 1. The Morgan fingerprint density at radius 1 is 1.39 bits per heavy atom. The first-order chi connectivity index (χ1) is 8.74. The van der Waals surface area contributed by atoms with Crippen molar-refractivity contribution in [3.63, 3.8) is 0 Å². The van der Waals surface area contributed by atoms with E-state index in [0.29, 0.717) is 19.0 Å². The number of hydrogen-bond donors (Lipinski definition) is 2. The highest BCUT2D eigenvalue weighted by Crippen LogP contribution is 2.10. The van der Waals surface area contributed by atoms with Gasteiger partial charge in [0.2, 0.25) is 5.91 Å². The van der Waals surface area contributed by atoms with Crippen molar-refractivity contribution in [1.29, 1.82) is 0 Å². The molecule has 1 amide bonds. The second-order valence-electron chi connectivity index (χ2n) is 4.72. The molecule has 0 saturated carbocycles. The maximum atomic E-state index is 11.7. The van der Waals surface area contributed by atoms with Gasteiger partial charge in [-0.1, -0.05) is 23.7 Å². The number of amides is 1. The first-order valence-corrected chi connectivity index (χ1v) is 6.86. The molecule has 0 aliphatic carbocycles. The molecule has 2 rings (SSSR count). The number of halogens is 1. The molecular formula is C14H19ClN2O. The minimum Gasteiger partial charge on any atom is -0.356 e. The molecule has 0 aromatic heterocycles. The number of nitrogens with one attached hydrogen (secondary N) is 2. The quantitative estimate of drug-likeness (QED) is 0.857. The maximum absolute atomic E-state index is 11.7. The molecule has 1 aliphatic rings. The van der Waals surface area contributed by atoms with E-state index < -0.39 is 0 Å². The van der Waals surface area contributed by atoms with Crippen LogP contribution in [0.15, 0.2) is 24.3 Å². The summed E-state index contributed by atoms with van der Waals surface area (Å²) in [6.07, 6.45) is 3.74. The topological polar surface area (TPSA) is 41.1 Å². The molecule has 1 aliphatic heterocycles. The van der Waals surface area contributed by atoms with Crippen molar-refractivity contribution in [2.45, 2.75) is 31.7 Å². The van der Waals surface area contributed by atoms with Gasteiger partial charge in [0.25, 0.3) is 0 Å². The minimum absolute atomic E-state index is 0.142. The van der Waals surface area contributed by atoms with E-state index in [1.54, 1.807) is 0 Å². The Kier molecular flexibility index (Phi) is 5.02. The highest BCUT2D eigenvalue weighted by atomic mass is 35.5. The van der Waals surface area contributed by atoms with Gasteiger partial charge in [0, 0.05) is 24.0 Å². The average molecular weight is 267 g/mol. The van der Waals surface area contributed by atoms with Crippen molar-refractivity contribution in [2.75, 3.05) is 13.1 Å². The Hall–Kier alpha value is -1.06.